The lowest BCUT2D eigenvalue weighted by Gasteiger charge is -2.42. The zero-order valence-electron chi connectivity index (χ0n) is 8.96. The van der Waals surface area contributed by atoms with Gasteiger partial charge in [0.15, 0.2) is 0 Å². The molecule has 0 aromatic heterocycles. The largest absolute Gasteiger partial charge is 0.381 e. The maximum absolute atomic E-state index is 5.48. The molecular formula is C12H22O. The van der Waals surface area contributed by atoms with Crippen LogP contribution in [-0.4, -0.2) is 13.2 Å². The van der Waals surface area contributed by atoms with E-state index in [2.05, 4.69) is 6.92 Å². The van der Waals surface area contributed by atoms with Crippen LogP contribution in [0.5, 0.6) is 0 Å². The molecule has 2 rings (SSSR count). The third kappa shape index (κ3) is 1.90. The van der Waals surface area contributed by atoms with Crippen molar-refractivity contribution in [3.8, 4) is 0 Å². The Kier molecular flexibility index (Phi) is 2.92. The van der Waals surface area contributed by atoms with Crippen molar-refractivity contribution >= 4 is 0 Å². The summed E-state index contributed by atoms with van der Waals surface area (Å²) in [5.41, 5.74) is 0. The minimum atomic E-state index is 0.576. The third-order valence-electron chi connectivity index (χ3n) is 4.29. The number of hydrogen-bond acceptors (Lipinski definition) is 1. The molecule has 0 heterocycles. The molecule has 4 atom stereocenters. The van der Waals surface area contributed by atoms with Gasteiger partial charge in [-0.2, -0.15) is 0 Å². The second kappa shape index (κ2) is 4.00. The molecule has 0 spiro atoms. The van der Waals surface area contributed by atoms with Crippen LogP contribution in [0.15, 0.2) is 0 Å². The Hall–Kier alpha value is -0.0400. The van der Waals surface area contributed by atoms with Gasteiger partial charge in [-0.1, -0.05) is 26.2 Å². The smallest absolute Gasteiger partial charge is 0.0574 e. The van der Waals surface area contributed by atoms with Crippen LogP contribution < -0.4 is 0 Å². The van der Waals surface area contributed by atoms with Crippen molar-refractivity contribution in [1.82, 2.24) is 0 Å². The van der Waals surface area contributed by atoms with Gasteiger partial charge in [0.05, 0.1) is 6.10 Å². The Morgan fingerprint density at radius 1 is 1.08 bits per heavy atom. The summed E-state index contributed by atoms with van der Waals surface area (Å²) in [6, 6.07) is 0. The monoisotopic (exact) mass is 182 g/mol. The van der Waals surface area contributed by atoms with Gasteiger partial charge in [0.25, 0.3) is 0 Å². The normalized spacial score (nSPS) is 45.7. The first-order valence-corrected chi connectivity index (χ1v) is 5.84. The van der Waals surface area contributed by atoms with E-state index < -0.39 is 0 Å². The van der Waals surface area contributed by atoms with Crippen molar-refractivity contribution in [3.05, 3.63) is 0 Å². The van der Waals surface area contributed by atoms with Crippen molar-refractivity contribution in [1.29, 1.82) is 0 Å². The second-order valence-electron chi connectivity index (χ2n) is 5.00. The van der Waals surface area contributed by atoms with Crippen LogP contribution in [0, 0.1) is 17.8 Å². The van der Waals surface area contributed by atoms with Crippen LogP contribution in [0.3, 0.4) is 0 Å². The van der Waals surface area contributed by atoms with Crippen LogP contribution in [0.1, 0.15) is 45.4 Å². The van der Waals surface area contributed by atoms with Crippen molar-refractivity contribution in [2.24, 2.45) is 17.8 Å². The Balaban J connectivity index is 1.95. The highest BCUT2D eigenvalue weighted by molar-refractivity contribution is 4.86. The number of fused-ring (bicyclic) bond motifs is 1. The zero-order valence-corrected chi connectivity index (χ0v) is 8.96. The van der Waals surface area contributed by atoms with Crippen LogP contribution in [0.2, 0.25) is 0 Å². The fraction of sp³-hybridized carbons (Fsp3) is 1.00. The lowest BCUT2D eigenvalue weighted by molar-refractivity contribution is -0.000502. The molecule has 76 valence electrons. The molecule has 0 aromatic rings. The van der Waals surface area contributed by atoms with Gasteiger partial charge in [0, 0.05) is 7.11 Å². The summed E-state index contributed by atoms with van der Waals surface area (Å²) in [5.74, 6) is 3.00. The topological polar surface area (TPSA) is 9.23 Å². The predicted molar refractivity (Wildman–Crippen MR) is 54.6 cm³/mol. The van der Waals surface area contributed by atoms with Gasteiger partial charge >= 0.3 is 0 Å². The first-order chi connectivity index (χ1) is 6.31. The van der Waals surface area contributed by atoms with Crippen molar-refractivity contribution in [2.75, 3.05) is 7.11 Å². The summed E-state index contributed by atoms with van der Waals surface area (Å²) in [4.78, 5) is 0. The summed E-state index contributed by atoms with van der Waals surface area (Å²) >= 11 is 0. The van der Waals surface area contributed by atoms with E-state index in [1.807, 2.05) is 7.11 Å². The minimum absolute atomic E-state index is 0.576. The van der Waals surface area contributed by atoms with Crippen molar-refractivity contribution in [2.45, 2.75) is 51.6 Å². The maximum Gasteiger partial charge on any atom is 0.0574 e. The maximum atomic E-state index is 5.48. The quantitative estimate of drug-likeness (QED) is 0.605. The van der Waals surface area contributed by atoms with Crippen LogP contribution in [-0.2, 0) is 4.74 Å². The van der Waals surface area contributed by atoms with E-state index in [0.29, 0.717) is 6.10 Å². The van der Waals surface area contributed by atoms with Gasteiger partial charge in [0.2, 0.25) is 0 Å². The molecular weight excluding hydrogens is 160 g/mol. The summed E-state index contributed by atoms with van der Waals surface area (Å²) < 4.78 is 5.48. The van der Waals surface area contributed by atoms with Gasteiger partial charge < -0.3 is 4.74 Å². The van der Waals surface area contributed by atoms with Crippen LogP contribution in [0.25, 0.3) is 0 Å². The fourth-order valence-electron chi connectivity index (χ4n) is 3.46. The molecule has 0 radical (unpaired) electrons. The highest BCUT2D eigenvalue weighted by Crippen LogP contribution is 2.44. The average molecular weight is 182 g/mol. The first kappa shape index (κ1) is 9.51. The molecule has 4 unspecified atom stereocenters. The SMILES string of the molecule is COC1CCC2C(C)CCCC2C1. The minimum Gasteiger partial charge on any atom is -0.381 e. The fourth-order valence-corrected chi connectivity index (χ4v) is 3.46. The van der Waals surface area contributed by atoms with E-state index >= 15 is 0 Å². The molecule has 0 amide bonds. The van der Waals surface area contributed by atoms with E-state index in [9.17, 15) is 0 Å². The Labute approximate surface area is 81.9 Å². The van der Waals surface area contributed by atoms with Crippen molar-refractivity contribution < 1.29 is 4.74 Å². The molecule has 13 heavy (non-hydrogen) atoms. The molecule has 1 nitrogen and oxygen atoms in total. The lowest BCUT2D eigenvalue weighted by atomic mass is 9.65. The molecule has 2 aliphatic carbocycles. The summed E-state index contributed by atoms with van der Waals surface area (Å²) in [6.07, 6.45) is 9.04. The van der Waals surface area contributed by atoms with Gasteiger partial charge in [-0.3, -0.25) is 0 Å². The molecule has 0 aromatic carbocycles. The zero-order chi connectivity index (χ0) is 9.26. The number of methoxy groups -OCH3 is 1. The third-order valence-corrected chi connectivity index (χ3v) is 4.29. The van der Waals surface area contributed by atoms with E-state index in [-0.39, 0.29) is 0 Å². The Bertz CT molecular complexity index is 167. The molecule has 2 saturated carbocycles. The van der Waals surface area contributed by atoms with Gasteiger partial charge in [-0.25, -0.2) is 0 Å². The highest BCUT2D eigenvalue weighted by atomic mass is 16.5. The Morgan fingerprint density at radius 3 is 2.69 bits per heavy atom. The number of hydrogen-bond donors (Lipinski definition) is 0. The molecule has 1 heteroatoms. The molecule has 0 saturated heterocycles. The van der Waals surface area contributed by atoms with E-state index in [1.165, 1.54) is 38.5 Å². The summed E-state index contributed by atoms with van der Waals surface area (Å²) in [5, 5.41) is 0. The van der Waals surface area contributed by atoms with Gasteiger partial charge in [-0.15, -0.1) is 0 Å². The van der Waals surface area contributed by atoms with E-state index in [0.717, 1.165) is 17.8 Å². The molecule has 0 aliphatic heterocycles. The predicted octanol–water partition coefficient (Wildman–Crippen LogP) is 3.24. The van der Waals surface area contributed by atoms with Crippen molar-refractivity contribution in [3.63, 3.8) is 0 Å². The van der Waals surface area contributed by atoms with Crippen LogP contribution >= 0.6 is 0 Å². The van der Waals surface area contributed by atoms with Gasteiger partial charge in [-0.05, 0) is 37.0 Å². The second-order valence-corrected chi connectivity index (χ2v) is 5.00. The average Bonchev–Trinajstić information content (AvgIpc) is 2.18. The Morgan fingerprint density at radius 2 is 1.92 bits per heavy atom. The summed E-state index contributed by atoms with van der Waals surface area (Å²) in [6.45, 7) is 2.45. The van der Waals surface area contributed by atoms with Crippen LogP contribution in [0.4, 0.5) is 0 Å². The van der Waals surface area contributed by atoms with E-state index in [1.54, 1.807) is 0 Å². The first-order valence-electron chi connectivity index (χ1n) is 5.84. The van der Waals surface area contributed by atoms with E-state index in [4.69, 9.17) is 4.74 Å². The standard InChI is InChI=1S/C12H22O/c1-9-4-3-5-10-8-11(13-2)6-7-12(9)10/h9-12H,3-8H2,1-2H3. The number of ether oxygens (including phenoxy) is 1. The summed E-state index contributed by atoms with van der Waals surface area (Å²) in [7, 11) is 1.87. The highest BCUT2D eigenvalue weighted by Gasteiger charge is 2.35. The molecule has 2 fully saturated rings. The van der Waals surface area contributed by atoms with Gasteiger partial charge in [0.1, 0.15) is 0 Å². The molecule has 0 N–H and O–H groups in total. The molecule has 0 bridgehead atoms. The molecule has 2 aliphatic rings. The number of rotatable bonds is 1. The lowest BCUT2D eigenvalue weighted by Crippen LogP contribution is -2.35.